The number of rotatable bonds is 3. The molecule has 1 heterocycles. The zero-order valence-electron chi connectivity index (χ0n) is 9.48. The second kappa shape index (κ2) is 5.03. The minimum atomic E-state index is -0.520. The molecule has 0 bridgehead atoms. The number of carbonyl (C=O) groups excluding carboxylic acids is 1. The molecule has 1 aliphatic rings. The number of hydrazine groups is 1. The summed E-state index contributed by atoms with van der Waals surface area (Å²) in [6, 6.07) is 5.15. The quantitative estimate of drug-likeness (QED) is 0.644. The first-order chi connectivity index (χ1) is 8.16. The molecule has 0 aromatic heterocycles. The summed E-state index contributed by atoms with van der Waals surface area (Å²) in [7, 11) is 0. The lowest BCUT2D eigenvalue weighted by Gasteiger charge is -2.28. The SMILES string of the molecule is NC(=O)c1cc(NN2CCOCC2)ccc1N. The van der Waals surface area contributed by atoms with Crippen LogP contribution >= 0.6 is 0 Å². The Balaban J connectivity index is 2.10. The molecular weight excluding hydrogens is 220 g/mol. The highest BCUT2D eigenvalue weighted by atomic mass is 16.5. The predicted octanol–water partition coefficient (Wildman–Crippen LogP) is 0.0268. The molecule has 1 aromatic rings. The first kappa shape index (κ1) is 11.7. The average Bonchev–Trinajstić information content (AvgIpc) is 2.32. The highest BCUT2D eigenvalue weighted by Crippen LogP contribution is 2.18. The zero-order chi connectivity index (χ0) is 12.3. The molecule has 0 atom stereocenters. The van der Waals surface area contributed by atoms with Crippen LogP contribution in [0.2, 0.25) is 0 Å². The van der Waals surface area contributed by atoms with E-state index < -0.39 is 5.91 Å². The lowest BCUT2D eigenvalue weighted by atomic mass is 10.1. The lowest BCUT2D eigenvalue weighted by Crippen LogP contribution is -2.40. The van der Waals surface area contributed by atoms with Gasteiger partial charge < -0.3 is 21.6 Å². The van der Waals surface area contributed by atoms with Crippen molar-refractivity contribution >= 4 is 17.3 Å². The van der Waals surface area contributed by atoms with Crippen molar-refractivity contribution in [2.24, 2.45) is 5.73 Å². The van der Waals surface area contributed by atoms with Gasteiger partial charge in [-0.25, -0.2) is 5.01 Å². The lowest BCUT2D eigenvalue weighted by molar-refractivity contribution is 0.0497. The normalized spacial score (nSPS) is 16.7. The van der Waals surface area contributed by atoms with E-state index in [9.17, 15) is 4.79 Å². The van der Waals surface area contributed by atoms with E-state index in [1.54, 1.807) is 12.1 Å². The summed E-state index contributed by atoms with van der Waals surface area (Å²) in [6.45, 7) is 3.00. The minimum absolute atomic E-state index is 0.336. The standard InChI is InChI=1S/C11H16N4O2/c12-10-2-1-8(7-9(10)11(13)16)14-15-3-5-17-6-4-15/h1-2,7,14H,3-6,12H2,(H2,13,16). The number of benzene rings is 1. The van der Waals surface area contributed by atoms with Gasteiger partial charge >= 0.3 is 0 Å². The molecule has 17 heavy (non-hydrogen) atoms. The molecule has 6 nitrogen and oxygen atoms in total. The van der Waals surface area contributed by atoms with Crippen LogP contribution in [0.25, 0.3) is 0 Å². The van der Waals surface area contributed by atoms with Gasteiger partial charge in [0, 0.05) is 24.5 Å². The van der Waals surface area contributed by atoms with Crippen LogP contribution in [0.4, 0.5) is 11.4 Å². The molecule has 6 heteroatoms. The van der Waals surface area contributed by atoms with Gasteiger partial charge in [0.15, 0.2) is 0 Å². The summed E-state index contributed by atoms with van der Waals surface area (Å²) in [4.78, 5) is 11.1. The maximum Gasteiger partial charge on any atom is 0.250 e. The largest absolute Gasteiger partial charge is 0.398 e. The number of nitrogens with two attached hydrogens (primary N) is 2. The highest BCUT2D eigenvalue weighted by molar-refractivity contribution is 5.98. The van der Waals surface area contributed by atoms with Gasteiger partial charge in [-0.2, -0.15) is 0 Å². The molecule has 1 aromatic carbocycles. The molecule has 1 aliphatic heterocycles. The van der Waals surface area contributed by atoms with Crippen LogP contribution in [-0.2, 0) is 4.74 Å². The Bertz CT molecular complexity index is 416. The second-order valence-electron chi connectivity index (χ2n) is 3.88. The van der Waals surface area contributed by atoms with Crippen molar-refractivity contribution in [2.75, 3.05) is 37.5 Å². The minimum Gasteiger partial charge on any atom is -0.398 e. The van der Waals surface area contributed by atoms with E-state index in [0.717, 1.165) is 18.8 Å². The molecule has 0 spiro atoms. The van der Waals surface area contributed by atoms with Gasteiger partial charge in [-0.15, -0.1) is 0 Å². The third-order valence-electron chi connectivity index (χ3n) is 2.62. The fourth-order valence-electron chi connectivity index (χ4n) is 1.70. The first-order valence-corrected chi connectivity index (χ1v) is 5.45. The third-order valence-corrected chi connectivity index (χ3v) is 2.62. The summed E-state index contributed by atoms with van der Waals surface area (Å²) in [5, 5.41) is 2.03. The molecule has 0 unspecified atom stereocenters. The number of nitrogen functional groups attached to an aromatic ring is 1. The maximum absolute atomic E-state index is 11.1. The van der Waals surface area contributed by atoms with Gasteiger partial charge in [0.05, 0.1) is 18.8 Å². The first-order valence-electron chi connectivity index (χ1n) is 5.45. The van der Waals surface area contributed by atoms with Crippen molar-refractivity contribution in [1.29, 1.82) is 0 Å². The van der Waals surface area contributed by atoms with Gasteiger partial charge in [-0.1, -0.05) is 0 Å². The molecule has 0 aliphatic carbocycles. The molecule has 1 fully saturated rings. The van der Waals surface area contributed by atoms with Crippen LogP contribution in [0.1, 0.15) is 10.4 Å². The van der Waals surface area contributed by atoms with E-state index in [2.05, 4.69) is 5.43 Å². The molecular formula is C11H16N4O2. The Morgan fingerprint density at radius 1 is 1.35 bits per heavy atom. The summed E-state index contributed by atoms with van der Waals surface area (Å²) >= 11 is 0. The fraction of sp³-hybridized carbons (Fsp3) is 0.364. The van der Waals surface area contributed by atoms with Gasteiger partial charge in [0.25, 0.3) is 5.91 Å². The molecule has 2 rings (SSSR count). The van der Waals surface area contributed by atoms with Crippen LogP contribution in [0, 0.1) is 0 Å². The number of nitrogens with zero attached hydrogens (tertiary/aromatic N) is 1. The van der Waals surface area contributed by atoms with Crippen molar-refractivity contribution in [3.05, 3.63) is 23.8 Å². The molecule has 1 saturated heterocycles. The van der Waals surface area contributed by atoms with Crippen LogP contribution in [0.5, 0.6) is 0 Å². The van der Waals surface area contributed by atoms with E-state index >= 15 is 0 Å². The summed E-state index contributed by atoms with van der Waals surface area (Å²) in [6.07, 6.45) is 0. The molecule has 5 N–H and O–H groups in total. The fourth-order valence-corrected chi connectivity index (χ4v) is 1.70. The number of amides is 1. The number of nitrogens with one attached hydrogen (secondary N) is 1. The van der Waals surface area contributed by atoms with Gasteiger partial charge in [0.2, 0.25) is 0 Å². The molecule has 0 saturated carbocycles. The van der Waals surface area contributed by atoms with Crippen LogP contribution in [0.15, 0.2) is 18.2 Å². The number of morpholine rings is 1. The summed E-state index contributed by atoms with van der Waals surface area (Å²) in [5.41, 5.74) is 15.6. The molecule has 92 valence electrons. The second-order valence-corrected chi connectivity index (χ2v) is 3.88. The van der Waals surface area contributed by atoms with E-state index in [1.807, 2.05) is 11.1 Å². The van der Waals surface area contributed by atoms with Crippen molar-refractivity contribution in [2.45, 2.75) is 0 Å². The van der Waals surface area contributed by atoms with Crippen molar-refractivity contribution in [3.8, 4) is 0 Å². The Morgan fingerprint density at radius 3 is 2.71 bits per heavy atom. The average molecular weight is 236 g/mol. The van der Waals surface area contributed by atoms with Gasteiger partial charge in [-0.05, 0) is 18.2 Å². The van der Waals surface area contributed by atoms with Crippen LogP contribution in [-0.4, -0.2) is 37.2 Å². The number of carbonyl (C=O) groups is 1. The van der Waals surface area contributed by atoms with E-state index in [-0.39, 0.29) is 0 Å². The van der Waals surface area contributed by atoms with E-state index in [1.165, 1.54) is 0 Å². The van der Waals surface area contributed by atoms with Gasteiger partial charge in [0.1, 0.15) is 0 Å². The summed E-state index contributed by atoms with van der Waals surface area (Å²) < 4.78 is 5.24. The van der Waals surface area contributed by atoms with E-state index in [0.29, 0.717) is 24.5 Å². The number of primary amides is 1. The molecule has 0 radical (unpaired) electrons. The Labute approximate surface area is 99.5 Å². The monoisotopic (exact) mass is 236 g/mol. The van der Waals surface area contributed by atoms with E-state index in [4.69, 9.17) is 16.2 Å². The number of hydrogen-bond donors (Lipinski definition) is 3. The number of ether oxygens (including phenoxy) is 1. The van der Waals surface area contributed by atoms with Crippen molar-refractivity contribution in [1.82, 2.24) is 5.01 Å². The summed E-state index contributed by atoms with van der Waals surface area (Å²) in [5.74, 6) is -0.520. The Morgan fingerprint density at radius 2 is 2.06 bits per heavy atom. The van der Waals surface area contributed by atoms with Crippen LogP contribution < -0.4 is 16.9 Å². The Hall–Kier alpha value is -1.79. The van der Waals surface area contributed by atoms with Crippen LogP contribution in [0.3, 0.4) is 0 Å². The smallest absolute Gasteiger partial charge is 0.250 e. The number of anilines is 2. The number of hydrogen-bond acceptors (Lipinski definition) is 5. The predicted molar refractivity (Wildman–Crippen MR) is 65.4 cm³/mol. The van der Waals surface area contributed by atoms with Crippen molar-refractivity contribution in [3.63, 3.8) is 0 Å². The molecule has 1 amide bonds. The third kappa shape index (κ3) is 2.86. The van der Waals surface area contributed by atoms with Crippen molar-refractivity contribution < 1.29 is 9.53 Å². The van der Waals surface area contributed by atoms with Gasteiger partial charge in [-0.3, -0.25) is 4.79 Å². The topological polar surface area (TPSA) is 93.6 Å². The Kier molecular flexibility index (Phi) is 3.46. The zero-order valence-corrected chi connectivity index (χ0v) is 9.48. The maximum atomic E-state index is 11.1. The highest BCUT2D eigenvalue weighted by Gasteiger charge is 2.11.